The number of terminal acetylenes is 1. The van der Waals surface area contributed by atoms with Gasteiger partial charge in [-0.3, -0.25) is 29.4 Å². The van der Waals surface area contributed by atoms with E-state index in [9.17, 15) is 19.5 Å². The van der Waals surface area contributed by atoms with E-state index in [0.717, 1.165) is 95.0 Å². The molecule has 1 aliphatic carbocycles. The SMILES string of the molecule is C#Cc1c(F)ccc2cc(O)cc(-c3ncc4c(N5CC6CCC(C5)N6)nc(OCC5(CN6CCC(CC(=O)N7CCC(c8ccc9c(C%10CCC(=O)NC%10=O)nn(C)c9c8)CC7)CC6)CC5)nc4c3F)c12. The van der Waals surface area contributed by atoms with Crippen LogP contribution in [0.3, 0.4) is 0 Å². The van der Waals surface area contributed by atoms with E-state index >= 15 is 8.78 Å². The highest BCUT2D eigenvalue weighted by Gasteiger charge is 2.46. The number of likely N-dealkylation sites (tertiary alicyclic amines) is 2. The van der Waals surface area contributed by atoms with Gasteiger partial charge in [0.1, 0.15) is 28.6 Å². The van der Waals surface area contributed by atoms with Crippen molar-refractivity contribution in [3.05, 3.63) is 77.1 Å². The lowest BCUT2D eigenvalue weighted by Gasteiger charge is -2.36. The number of pyridine rings is 1. The number of phenolic OH excluding ortho intramolecular Hbond substituents is 1. The topological polar surface area (TPSA) is 171 Å². The maximum atomic E-state index is 17.1. The number of imide groups is 1. The van der Waals surface area contributed by atoms with Crippen molar-refractivity contribution in [3.8, 4) is 35.4 Å². The minimum Gasteiger partial charge on any atom is -0.508 e. The lowest BCUT2D eigenvalue weighted by atomic mass is 9.87. The fourth-order valence-electron chi connectivity index (χ4n) is 12.4. The minimum absolute atomic E-state index is 0.0259. The number of ether oxygens (including phenoxy) is 1. The molecule has 3 N–H and O–H groups in total. The molecule has 0 radical (unpaired) electrons. The van der Waals surface area contributed by atoms with Crippen LogP contribution in [0, 0.1) is 35.3 Å². The van der Waals surface area contributed by atoms with Crippen LogP contribution in [0.15, 0.2) is 48.7 Å². The molecule has 72 heavy (non-hydrogen) atoms. The molecule has 3 atom stereocenters. The third kappa shape index (κ3) is 8.65. The van der Waals surface area contributed by atoms with E-state index in [2.05, 4.69) is 49.5 Å². The molecule has 1 saturated carbocycles. The van der Waals surface area contributed by atoms with Gasteiger partial charge in [-0.2, -0.15) is 15.1 Å². The number of aromatic hydroxyl groups is 1. The second-order valence-electron chi connectivity index (χ2n) is 21.4. The Kier molecular flexibility index (Phi) is 11.8. The molecule has 0 spiro atoms. The van der Waals surface area contributed by atoms with Crippen LogP contribution in [0.25, 0.3) is 43.8 Å². The average Bonchev–Trinajstić information content (AvgIpc) is 3.96. The van der Waals surface area contributed by atoms with Crippen molar-refractivity contribution in [3.63, 3.8) is 0 Å². The van der Waals surface area contributed by atoms with Gasteiger partial charge in [0.2, 0.25) is 17.7 Å². The summed E-state index contributed by atoms with van der Waals surface area (Å²) in [5, 5.41) is 23.6. The molecule has 5 aliphatic heterocycles. The number of carbonyl (C=O) groups excluding carboxylic acids is 3. The maximum Gasteiger partial charge on any atom is 0.319 e. The van der Waals surface area contributed by atoms with Crippen molar-refractivity contribution in [1.82, 2.24) is 45.2 Å². The Hall–Kier alpha value is -6.77. The molecule has 12 rings (SSSR count). The molecule has 15 nitrogen and oxygen atoms in total. The number of fused-ring (bicyclic) bond motifs is 5. The summed E-state index contributed by atoms with van der Waals surface area (Å²) in [7, 11) is 1.89. The number of nitrogens with one attached hydrogen (secondary N) is 2. The molecule has 3 aromatic carbocycles. The summed E-state index contributed by atoms with van der Waals surface area (Å²) in [6, 6.07) is 12.6. The van der Waals surface area contributed by atoms with Gasteiger partial charge in [0.15, 0.2) is 5.82 Å². The molecule has 3 aromatic heterocycles. The number of halogens is 2. The van der Waals surface area contributed by atoms with Crippen molar-refractivity contribution in [2.75, 3.05) is 57.3 Å². The van der Waals surface area contributed by atoms with Crippen LogP contribution in [0.1, 0.15) is 99.3 Å². The number of aromatic nitrogens is 5. The number of amides is 3. The molecule has 372 valence electrons. The Bertz CT molecular complexity index is 3210. The smallest absolute Gasteiger partial charge is 0.319 e. The Morgan fingerprint density at radius 3 is 2.46 bits per heavy atom. The van der Waals surface area contributed by atoms with Crippen LogP contribution in [0.5, 0.6) is 11.8 Å². The highest BCUT2D eigenvalue weighted by molar-refractivity contribution is 6.04. The molecule has 3 unspecified atom stereocenters. The predicted octanol–water partition coefficient (Wildman–Crippen LogP) is 6.82. The van der Waals surface area contributed by atoms with Gasteiger partial charge in [0.25, 0.3) is 0 Å². The first kappa shape index (κ1) is 46.3. The summed E-state index contributed by atoms with van der Waals surface area (Å²) in [5.74, 6) is 1.38. The summed E-state index contributed by atoms with van der Waals surface area (Å²) in [5.41, 5.74) is 2.84. The molecule has 6 aliphatic rings. The molecule has 8 heterocycles. The van der Waals surface area contributed by atoms with Crippen molar-refractivity contribution >= 4 is 56.1 Å². The number of benzene rings is 3. The van der Waals surface area contributed by atoms with Crippen LogP contribution in [-0.4, -0.2) is 122 Å². The zero-order chi connectivity index (χ0) is 49.4. The largest absolute Gasteiger partial charge is 0.508 e. The standard InChI is InChI=1S/C55H58F2N10O5/c1-3-38-43(56)10-5-34-23-37(68)25-41(47(34)38)50-48(57)51-42(26-58-50)52(67-27-35-6-7-36(28-67)59-35)62-54(61-51)72-30-55(16-17-55)29-65-18-12-31(13-19-65)22-46(70)66-20-14-32(15-21-66)33-4-8-39-44(24-33)64(2)63-49(39)40-9-11-45(69)60-53(40)71/h1,4-5,8,10,23-26,31-32,35-36,40,59,68H,6-7,9,11-22,27-30H2,2H3,(H,60,69,71). The molecule has 6 aromatic rings. The van der Waals surface area contributed by atoms with Crippen molar-refractivity contribution in [2.45, 2.75) is 94.5 Å². The first-order valence-corrected chi connectivity index (χ1v) is 25.6. The van der Waals surface area contributed by atoms with Crippen LogP contribution in [-0.2, 0) is 21.4 Å². The number of aryl methyl sites for hydroxylation is 1. The predicted molar refractivity (Wildman–Crippen MR) is 267 cm³/mol. The zero-order valence-electron chi connectivity index (χ0n) is 40.4. The Morgan fingerprint density at radius 1 is 0.944 bits per heavy atom. The second-order valence-corrected chi connectivity index (χ2v) is 21.4. The third-order valence-corrected chi connectivity index (χ3v) is 16.6. The van der Waals surface area contributed by atoms with E-state index in [1.54, 1.807) is 6.20 Å². The number of piperidine rings is 3. The summed E-state index contributed by atoms with van der Waals surface area (Å²) >= 11 is 0. The number of nitrogens with zero attached hydrogens (tertiary/aromatic N) is 8. The Labute approximate surface area is 415 Å². The van der Waals surface area contributed by atoms with E-state index in [4.69, 9.17) is 26.2 Å². The molecule has 5 saturated heterocycles. The third-order valence-electron chi connectivity index (χ3n) is 16.6. The van der Waals surface area contributed by atoms with Crippen LogP contribution >= 0.6 is 0 Å². The van der Waals surface area contributed by atoms with Crippen LogP contribution in [0.4, 0.5) is 14.6 Å². The quantitative estimate of drug-likeness (QED) is 0.0916. The second kappa shape index (κ2) is 18.4. The van der Waals surface area contributed by atoms with E-state index in [1.165, 1.54) is 29.8 Å². The first-order chi connectivity index (χ1) is 34.9. The first-order valence-electron chi connectivity index (χ1n) is 25.6. The normalized spacial score (nSPS) is 22.7. The number of anilines is 1. The van der Waals surface area contributed by atoms with Gasteiger partial charge in [-0.05, 0) is 118 Å². The Morgan fingerprint density at radius 2 is 1.72 bits per heavy atom. The summed E-state index contributed by atoms with van der Waals surface area (Å²) in [6.45, 7) is 5.88. The highest BCUT2D eigenvalue weighted by Crippen LogP contribution is 2.48. The lowest BCUT2D eigenvalue weighted by molar-refractivity contribution is -0.135. The maximum absolute atomic E-state index is 17.1. The van der Waals surface area contributed by atoms with Gasteiger partial charge in [0, 0.05) is 92.6 Å². The monoisotopic (exact) mass is 976 g/mol. The lowest BCUT2D eigenvalue weighted by Crippen LogP contribution is -2.51. The number of carbonyl (C=O) groups is 3. The van der Waals surface area contributed by atoms with Crippen molar-refractivity contribution < 1.29 is 33.0 Å². The summed E-state index contributed by atoms with van der Waals surface area (Å²) in [4.78, 5) is 59.0. The molecule has 6 fully saturated rings. The molecule has 2 bridgehead atoms. The fraction of sp³-hybridized carbons (Fsp3) is 0.473. The summed E-state index contributed by atoms with van der Waals surface area (Å²) in [6.07, 6.45) is 16.4. The fourth-order valence-corrected chi connectivity index (χ4v) is 12.4. The van der Waals surface area contributed by atoms with E-state index in [0.29, 0.717) is 73.1 Å². The van der Waals surface area contributed by atoms with Gasteiger partial charge in [-0.1, -0.05) is 24.1 Å². The van der Waals surface area contributed by atoms with E-state index in [1.807, 2.05) is 16.6 Å². The number of phenols is 1. The molecular weight excluding hydrogens is 919 g/mol. The number of piperazine rings is 1. The number of rotatable bonds is 11. The molecule has 17 heteroatoms. The van der Waals surface area contributed by atoms with Gasteiger partial charge >= 0.3 is 6.01 Å². The minimum atomic E-state index is -0.742. The average molecular weight is 977 g/mol. The zero-order valence-corrected chi connectivity index (χ0v) is 40.4. The van der Waals surface area contributed by atoms with E-state index in [-0.39, 0.29) is 74.7 Å². The van der Waals surface area contributed by atoms with E-state index < -0.39 is 17.6 Å². The highest BCUT2D eigenvalue weighted by atomic mass is 19.1. The van der Waals surface area contributed by atoms with Gasteiger partial charge < -0.3 is 29.9 Å². The van der Waals surface area contributed by atoms with Crippen molar-refractivity contribution in [1.29, 1.82) is 0 Å². The van der Waals surface area contributed by atoms with Crippen LogP contribution in [0.2, 0.25) is 0 Å². The summed E-state index contributed by atoms with van der Waals surface area (Å²) < 4.78 is 40.5. The van der Waals surface area contributed by atoms with Crippen LogP contribution < -0.4 is 20.3 Å². The molecule has 3 amide bonds. The van der Waals surface area contributed by atoms with Gasteiger partial charge in [-0.15, -0.1) is 6.42 Å². The number of hydrogen-bond donors (Lipinski definition) is 3. The van der Waals surface area contributed by atoms with Gasteiger partial charge in [0.05, 0.1) is 34.7 Å². The molecular formula is C55H58F2N10O5. The Balaban J connectivity index is 0.683. The van der Waals surface area contributed by atoms with Crippen molar-refractivity contribution in [2.24, 2.45) is 18.4 Å². The van der Waals surface area contributed by atoms with Gasteiger partial charge in [-0.25, -0.2) is 8.78 Å². The number of hydrogen-bond acceptors (Lipinski definition) is 12.